The van der Waals surface area contributed by atoms with Crippen LogP contribution in [0.5, 0.6) is 0 Å². The fraction of sp³-hybridized carbons (Fsp3) is 0.500. The van der Waals surface area contributed by atoms with E-state index in [9.17, 15) is 4.79 Å². The van der Waals surface area contributed by atoms with E-state index in [-0.39, 0.29) is 5.56 Å². The van der Waals surface area contributed by atoms with Crippen molar-refractivity contribution in [2.75, 3.05) is 33.5 Å². The van der Waals surface area contributed by atoms with E-state index in [0.29, 0.717) is 33.0 Å². The monoisotopic (exact) mass is 268 g/mol. The maximum absolute atomic E-state index is 10.7. The second-order valence-electron chi connectivity index (χ2n) is 4.01. The van der Waals surface area contributed by atoms with Crippen LogP contribution in [-0.2, 0) is 20.8 Å². The SMILES string of the molecule is COCCOCCCOCc1ccc(C(=O)O)cc1. The van der Waals surface area contributed by atoms with E-state index in [1.807, 2.05) is 0 Å². The Morgan fingerprint density at radius 2 is 1.74 bits per heavy atom. The lowest BCUT2D eigenvalue weighted by molar-refractivity contribution is 0.0483. The summed E-state index contributed by atoms with van der Waals surface area (Å²) in [6, 6.07) is 6.68. The second-order valence-corrected chi connectivity index (χ2v) is 4.01. The Balaban J connectivity index is 2.07. The van der Waals surface area contributed by atoms with Crippen molar-refractivity contribution < 1.29 is 24.1 Å². The van der Waals surface area contributed by atoms with Gasteiger partial charge in [-0.15, -0.1) is 0 Å². The molecule has 0 aliphatic heterocycles. The van der Waals surface area contributed by atoms with Gasteiger partial charge < -0.3 is 19.3 Å². The highest BCUT2D eigenvalue weighted by atomic mass is 16.5. The van der Waals surface area contributed by atoms with Gasteiger partial charge in [0.25, 0.3) is 0 Å². The summed E-state index contributed by atoms with van der Waals surface area (Å²) in [5, 5.41) is 8.76. The maximum atomic E-state index is 10.7. The average Bonchev–Trinajstić information content (AvgIpc) is 2.42. The van der Waals surface area contributed by atoms with Crippen LogP contribution < -0.4 is 0 Å². The molecule has 1 rings (SSSR count). The Morgan fingerprint density at radius 3 is 2.37 bits per heavy atom. The maximum Gasteiger partial charge on any atom is 0.335 e. The largest absolute Gasteiger partial charge is 0.478 e. The molecule has 0 heterocycles. The fourth-order valence-electron chi connectivity index (χ4n) is 1.44. The number of carboxylic acids is 1. The number of carboxylic acid groups (broad SMARTS) is 1. The van der Waals surface area contributed by atoms with Crippen molar-refractivity contribution in [3.8, 4) is 0 Å². The van der Waals surface area contributed by atoms with E-state index in [2.05, 4.69) is 0 Å². The summed E-state index contributed by atoms with van der Waals surface area (Å²) in [7, 11) is 1.64. The predicted molar refractivity (Wildman–Crippen MR) is 70.4 cm³/mol. The summed E-state index contributed by atoms with van der Waals surface area (Å²) < 4.78 is 15.6. The minimum absolute atomic E-state index is 0.287. The summed E-state index contributed by atoms with van der Waals surface area (Å²) in [4.78, 5) is 10.7. The first-order valence-corrected chi connectivity index (χ1v) is 6.20. The first-order chi connectivity index (χ1) is 9.24. The number of aromatic carboxylic acids is 1. The molecule has 1 N–H and O–H groups in total. The van der Waals surface area contributed by atoms with Gasteiger partial charge in [-0.3, -0.25) is 0 Å². The van der Waals surface area contributed by atoms with Gasteiger partial charge in [-0.2, -0.15) is 0 Å². The van der Waals surface area contributed by atoms with E-state index in [0.717, 1.165) is 12.0 Å². The molecule has 0 amide bonds. The van der Waals surface area contributed by atoms with E-state index >= 15 is 0 Å². The molecule has 5 heteroatoms. The molecular formula is C14H20O5. The molecule has 0 saturated heterocycles. The van der Waals surface area contributed by atoms with Crippen LogP contribution in [0.15, 0.2) is 24.3 Å². The molecule has 0 atom stereocenters. The normalized spacial score (nSPS) is 10.6. The number of ether oxygens (including phenoxy) is 3. The van der Waals surface area contributed by atoms with Crippen LogP contribution in [-0.4, -0.2) is 44.6 Å². The zero-order chi connectivity index (χ0) is 13.9. The number of hydrogen-bond acceptors (Lipinski definition) is 4. The molecule has 19 heavy (non-hydrogen) atoms. The van der Waals surface area contributed by atoms with Gasteiger partial charge in [0.1, 0.15) is 0 Å². The van der Waals surface area contributed by atoms with Crippen LogP contribution in [0, 0.1) is 0 Å². The van der Waals surface area contributed by atoms with Gasteiger partial charge in [-0.1, -0.05) is 12.1 Å². The fourth-order valence-corrected chi connectivity index (χ4v) is 1.44. The number of hydrogen-bond donors (Lipinski definition) is 1. The van der Waals surface area contributed by atoms with Gasteiger partial charge in [0.05, 0.1) is 25.4 Å². The van der Waals surface area contributed by atoms with Gasteiger partial charge in [-0.05, 0) is 24.1 Å². The van der Waals surface area contributed by atoms with Gasteiger partial charge in [0.15, 0.2) is 0 Å². The molecule has 0 fully saturated rings. The highest BCUT2D eigenvalue weighted by Gasteiger charge is 2.01. The van der Waals surface area contributed by atoms with Crippen molar-refractivity contribution in [2.24, 2.45) is 0 Å². The summed E-state index contributed by atoms with van der Waals surface area (Å²) in [5.41, 5.74) is 1.25. The molecule has 5 nitrogen and oxygen atoms in total. The third-order valence-corrected chi connectivity index (χ3v) is 2.48. The van der Waals surface area contributed by atoms with Crippen LogP contribution in [0.4, 0.5) is 0 Å². The third kappa shape index (κ3) is 6.91. The van der Waals surface area contributed by atoms with Gasteiger partial charge in [0, 0.05) is 20.3 Å². The van der Waals surface area contributed by atoms with Gasteiger partial charge in [-0.25, -0.2) is 4.79 Å². The van der Waals surface area contributed by atoms with Crippen LogP contribution in [0.2, 0.25) is 0 Å². The van der Waals surface area contributed by atoms with Crippen molar-refractivity contribution in [1.82, 2.24) is 0 Å². The molecule has 106 valence electrons. The van der Waals surface area contributed by atoms with Crippen LogP contribution >= 0.6 is 0 Å². The molecule has 1 aromatic carbocycles. The molecule has 0 aromatic heterocycles. The Hall–Kier alpha value is -1.43. The first kappa shape index (κ1) is 15.6. The summed E-state index contributed by atoms with van der Waals surface area (Å²) in [6.07, 6.45) is 0.830. The Kier molecular flexibility index (Phi) is 7.81. The standard InChI is InChI=1S/C14H20O5/c1-17-9-10-18-7-2-8-19-11-12-3-5-13(6-4-12)14(15)16/h3-6H,2,7-11H2,1H3,(H,15,16). The highest BCUT2D eigenvalue weighted by Crippen LogP contribution is 2.06. The topological polar surface area (TPSA) is 65.0 Å². The lowest BCUT2D eigenvalue weighted by Crippen LogP contribution is -2.05. The quantitative estimate of drug-likeness (QED) is 0.657. The summed E-state index contributed by atoms with van der Waals surface area (Å²) >= 11 is 0. The molecule has 0 bridgehead atoms. The summed E-state index contributed by atoms with van der Waals surface area (Å²) in [5.74, 6) is -0.916. The van der Waals surface area contributed by atoms with E-state index in [4.69, 9.17) is 19.3 Å². The number of methoxy groups -OCH3 is 1. The zero-order valence-corrected chi connectivity index (χ0v) is 11.1. The molecule has 1 aromatic rings. The van der Waals surface area contributed by atoms with Crippen molar-refractivity contribution in [3.05, 3.63) is 35.4 Å². The molecular weight excluding hydrogens is 248 g/mol. The predicted octanol–water partition coefficient (Wildman–Crippen LogP) is 1.95. The van der Waals surface area contributed by atoms with Crippen molar-refractivity contribution in [3.63, 3.8) is 0 Å². The van der Waals surface area contributed by atoms with E-state index in [1.165, 1.54) is 0 Å². The molecule has 0 aliphatic carbocycles. The lowest BCUT2D eigenvalue weighted by Gasteiger charge is -2.06. The molecule has 0 aliphatic rings. The van der Waals surface area contributed by atoms with Gasteiger partial charge in [0.2, 0.25) is 0 Å². The van der Waals surface area contributed by atoms with Crippen LogP contribution in [0.3, 0.4) is 0 Å². The van der Waals surface area contributed by atoms with E-state index < -0.39 is 5.97 Å². The molecule has 0 unspecified atom stereocenters. The van der Waals surface area contributed by atoms with Crippen molar-refractivity contribution >= 4 is 5.97 Å². The second kappa shape index (κ2) is 9.49. The zero-order valence-electron chi connectivity index (χ0n) is 11.1. The average molecular weight is 268 g/mol. The molecule has 0 spiro atoms. The minimum atomic E-state index is -0.916. The number of carbonyl (C=O) groups is 1. The van der Waals surface area contributed by atoms with Crippen LogP contribution in [0.1, 0.15) is 22.3 Å². The summed E-state index contributed by atoms with van der Waals surface area (Å²) in [6.45, 7) is 2.97. The minimum Gasteiger partial charge on any atom is -0.478 e. The molecule has 0 radical (unpaired) electrons. The Bertz CT molecular complexity index is 361. The number of rotatable bonds is 10. The third-order valence-electron chi connectivity index (χ3n) is 2.48. The molecule has 0 saturated carbocycles. The van der Waals surface area contributed by atoms with Crippen molar-refractivity contribution in [2.45, 2.75) is 13.0 Å². The van der Waals surface area contributed by atoms with Gasteiger partial charge >= 0.3 is 5.97 Å². The highest BCUT2D eigenvalue weighted by molar-refractivity contribution is 5.87. The lowest BCUT2D eigenvalue weighted by atomic mass is 10.1. The number of benzene rings is 1. The van der Waals surface area contributed by atoms with Crippen LogP contribution in [0.25, 0.3) is 0 Å². The smallest absolute Gasteiger partial charge is 0.335 e. The van der Waals surface area contributed by atoms with Crippen molar-refractivity contribution in [1.29, 1.82) is 0 Å². The Labute approximate surface area is 113 Å². The Morgan fingerprint density at radius 1 is 1.05 bits per heavy atom. The first-order valence-electron chi connectivity index (χ1n) is 6.20. The van der Waals surface area contributed by atoms with E-state index in [1.54, 1.807) is 31.4 Å².